The number of para-hydroxylation sites is 2. The Hall–Kier alpha value is -4.44. The monoisotopic (exact) mass is 534 g/mol. The average molecular weight is 535 g/mol. The van der Waals surface area contributed by atoms with Crippen LogP contribution >= 0.6 is 0 Å². The van der Waals surface area contributed by atoms with Crippen molar-refractivity contribution in [2.45, 2.75) is 13.8 Å². The highest BCUT2D eigenvalue weighted by molar-refractivity contribution is 6.01. The number of methoxy groups -OCH3 is 1. The summed E-state index contributed by atoms with van der Waals surface area (Å²) in [6.45, 7) is 2.39. The molecule has 4 rings (SSSR count). The molecule has 39 heavy (non-hydrogen) atoms. The minimum absolute atomic E-state index is 0. The summed E-state index contributed by atoms with van der Waals surface area (Å²) in [5.74, 6) is 0.816. The maximum atomic E-state index is 13.3. The summed E-state index contributed by atoms with van der Waals surface area (Å²) in [5.41, 5.74) is 1.99. The Morgan fingerprint density at radius 1 is 1.18 bits per heavy atom. The number of benzene rings is 2. The van der Waals surface area contributed by atoms with E-state index in [4.69, 9.17) is 8.85 Å². The fourth-order valence-electron chi connectivity index (χ4n) is 4.15. The molecule has 2 aromatic heterocycles. The minimum Gasteiger partial charge on any atom is -0.496 e. The normalized spacial score (nSPS) is 12.3. The standard InChI is InChI=1S/C28H33N7O3.CH4/c1-7-27(36)30-20-16-19(24(38-6)18-23(20)33(4)15-14-32(2)3)17-25-29-13-12-26(31-25)35-22-11-9-8-10-21(22)34(5)28(35)37;/h7-13,16,18H,1,14-15,17H2,2-6H3,(H,30,36);1H4/i5D3;. The SMILES string of the molecule is C.[2H]C([2H])([2H])n1c(=O)n(-c2ccnc(Cc3cc(NC(=O)C=C)c(N(C)CCN(C)C)cc3OC)n2)c2ccccc21. The van der Waals surface area contributed by atoms with Crippen LogP contribution in [0.25, 0.3) is 16.9 Å². The number of hydrogen-bond donors (Lipinski definition) is 1. The summed E-state index contributed by atoms with van der Waals surface area (Å²) in [6.07, 6.45) is 2.93. The summed E-state index contributed by atoms with van der Waals surface area (Å²) in [4.78, 5) is 38.7. The zero-order valence-corrected chi connectivity index (χ0v) is 21.9. The first-order valence-electron chi connectivity index (χ1n) is 13.5. The number of amides is 1. The Bertz CT molecular complexity index is 1640. The number of aromatic nitrogens is 4. The molecule has 0 bridgehead atoms. The molecule has 2 aromatic carbocycles. The van der Waals surface area contributed by atoms with Gasteiger partial charge in [-0.25, -0.2) is 19.3 Å². The third kappa shape index (κ3) is 6.18. The molecule has 0 saturated carbocycles. The van der Waals surface area contributed by atoms with E-state index < -0.39 is 12.7 Å². The lowest BCUT2D eigenvalue weighted by Gasteiger charge is -2.25. The molecule has 0 aliphatic heterocycles. The molecule has 10 heteroatoms. The van der Waals surface area contributed by atoms with Crippen molar-refractivity contribution in [3.8, 4) is 11.6 Å². The first kappa shape index (κ1) is 24.9. The molecule has 0 atom stereocenters. The van der Waals surface area contributed by atoms with Crippen molar-refractivity contribution in [1.82, 2.24) is 24.0 Å². The number of carbonyl (C=O) groups is 1. The molecule has 0 aliphatic carbocycles. The van der Waals surface area contributed by atoms with Gasteiger partial charge in [0.25, 0.3) is 0 Å². The third-order valence-electron chi connectivity index (χ3n) is 6.15. The molecule has 2 heterocycles. The Balaban J connectivity index is 0.00000484. The summed E-state index contributed by atoms with van der Waals surface area (Å²) >= 11 is 0. The van der Waals surface area contributed by atoms with Gasteiger partial charge in [-0.15, -0.1) is 0 Å². The van der Waals surface area contributed by atoms with Crippen LogP contribution in [-0.2, 0) is 18.2 Å². The van der Waals surface area contributed by atoms with Crippen molar-refractivity contribution < 1.29 is 13.6 Å². The van der Waals surface area contributed by atoms with Gasteiger partial charge in [0.05, 0.1) is 29.5 Å². The van der Waals surface area contributed by atoms with Crippen molar-refractivity contribution in [3.63, 3.8) is 0 Å². The van der Waals surface area contributed by atoms with Gasteiger partial charge in [0.2, 0.25) is 5.91 Å². The van der Waals surface area contributed by atoms with Gasteiger partial charge in [-0.3, -0.25) is 9.36 Å². The number of imidazole rings is 1. The number of rotatable bonds is 10. The molecule has 0 spiro atoms. The van der Waals surface area contributed by atoms with E-state index in [1.54, 1.807) is 37.4 Å². The van der Waals surface area contributed by atoms with Crippen LogP contribution in [0.2, 0.25) is 0 Å². The fourth-order valence-corrected chi connectivity index (χ4v) is 4.15. The zero-order chi connectivity index (χ0) is 29.9. The third-order valence-corrected chi connectivity index (χ3v) is 6.15. The topological polar surface area (TPSA) is 97.5 Å². The van der Waals surface area contributed by atoms with Crippen molar-refractivity contribution >= 4 is 28.3 Å². The van der Waals surface area contributed by atoms with Gasteiger partial charge in [0, 0.05) is 55.5 Å². The molecule has 4 aromatic rings. The van der Waals surface area contributed by atoms with E-state index in [9.17, 15) is 9.59 Å². The molecule has 0 radical (unpaired) electrons. The maximum absolute atomic E-state index is 13.3. The number of carbonyl (C=O) groups excluding carboxylic acids is 1. The number of anilines is 2. The number of nitrogens with one attached hydrogen (secondary N) is 1. The Morgan fingerprint density at radius 2 is 1.92 bits per heavy atom. The molecule has 0 saturated heterocycles. The van der Waals surface area contributed by atoms with Gasteiger partial charge < -0.3 is 19.9 Å². The van der Waals surface area contributed by atoms with Crippen LogP contribution < -0.4 is 20.6 Å². The molecular formula is C29H37N7O3. The first-order valence-corrected chi connectivity index (χ1v) is 12.0. The van der Waals surface area contributed by atoms with E-state index >= 15 is 0 Å². The number of likely N-dealkylation sites (N-methyl/N-ethyl adjacent to an activating group) is 2. The van der Waals surface area contributed by atoms with Gasteiger partial charge in [-0.05, 0) is 44.4 Å². The quantitative estimate of drug-likeness (QED) is 0.311. The van der Waals surface area contributed by atoms with Crippen LogP contribution in [0.5, 0.6) is 5.75 Å². The van der Waals surface area contributed by atoms with Crippen LogP contribution in [0.3, 0.4) is 0 Å². The van der Waals surface area contributed by atoms with Crippen LogP contribution in [-0.4, -0.2) is 71.3 Å². The van der Waals surface area contributed by atoms with E-state index in [2.05, 4.69) is 26.8 Å². The number of fused-ring (bicyclic) bond motifs is 1. The van der Waals surface area contributed by atoms with Crippen molar-refractivity contribution in [2.24, 2.45) is 6.98 Å². The predicted molar refractivity (Wildman–Crippen MR) is 157 cm³/mol. The number of hydrogen-bond acceptors (Lipinski definition) is 7. The highest BCUT2D eigenvalue weighted by atomic mass is 16.5. The molecule has 0 unspecified atom stereocenters. The summed E-state index contributed by atoms with van der Waals surface area (Å²) in [7, 11) is 7.47. The Morgan fingerprint density at radius 3 is 2.59 bits per heavy atom. The second-order valence-electron chi connectivity index (χ2n) is 9.05. The van der Waals surface area contributed by atoms with E-state index in [1.807, 2.05) is 38.2 Å². The largest absolute Gasteiger partial charge is 0.496 e. The summed E-state index contributed by atoms with van der Waals surface area (Å²) in [6, 6.07) is 11.9. The lowest BCUT2D eigenvalue weighted by molar-refractivity contribution is -0.111. The maximum Gasteiger partial charge on any atom is 0.334 e. The lowest BCUT2D eigenvalue weighted by Crippen LogP contribution is -2.29. The predicted octanol–water partition coefficient (Wildman–Crippen LogP) is 3.48. The van der Waals surface area contributed by atoms with E-state index in [-0.39, 0.29) is 31.1 Å². The van der Waals surface area contributed by atoms with E-state index in [1.165, 1.54) is 16.8 Å². The molecule has 1 N–H and O–H groups in total. The van der Waals surface area contributed by atoms with E-state index in [0.29, 0.717) is 34.9 Å². The van der Waals surface area contributed by atoms with Gasteiger partial charge in [0.15, 0.2) is 0 Å². The molecular weight excluding hydrogens is 494 g/mol. The van der Waals surface area contributed by atoms with Crippen LogP contribution in [0.15, 0.2) is 66.1 Å². The molecule has 0 aliphatic rings. The highest BCUT2D eigenvalue weighted by Gasteiger charge is 2.18. The first-order chi connectivity index (χ1) is 19.4. The minimum atomic E-state index is -2.67. The van der Waals surface area contributed by atoms with Crippen LogP contribution in [0, 0.1) is 0 Å². The number of aryl methyl sites for hydroxylation is 1. The van der Waals surface area contributed by atoms with Crippen molar-refractivity contribution in [1.29, 1.82) is 0 Å². The fraction of sp³-hybridized carbons (Fsp3) is 0.310. The van der Waals surface area contributed by atoms with Crippen LogP contribution in [0.1, 0.15) is 22.9 Å². The number of nitrogens with zero attached hydrogens (tertiary/aromatic N) is 6. The molecule has 1 amide bonds. The van der Waals surface area contributed by atoms with Gasteiger partial charge in [-0.2, -0.15) is 0 Å². The Labute approximate surface area is 233 Å². The second kappa shape index (κ2) is 12.4. The molecule has 206 valence electrons. The molecule has 0 fully saturated rings. The van der Waals surface area contributed by atoms with Gasteiger partial charge in [0.1, 0.15) is 17.4 Å². The van der Waals surface area contributed by atoms with Gasteiger partial charge >= 0.3 is 5.69 Å². The smallest absolute Gasteiger partial charge is 0.334 e. The number of ether oxygens (including phenoxy) is 1. The van der Waals surface area contributed by atoms with Crippen molar-refractivity contribution in [3.05, 3.63) is 83.2 Å². The van der Waals surface area contributed by atoms with Crippen LogP contribution in [0.4, 0.5) is 11.4 Å². The second-order valence-corrected chi connectivity index (χ2v) is 9.05. The lowest BCUT2D eigenvalue weighted by atomic mass is 10.1. The summed E-state index contributed by atoms with van der Waals surface area (Å²) in [5, 5.41) is 2.88. The highest BCUT2D eigenvalue weighted by Crippen LogP contribution is 2.34. The van der Waals surface area contributed by atoms with Crippen molar-refractivity contribution in [2.75, 3.05) is 51.6 Å². The molecule has 10 nitrogen and oxygen atoms in total. The Kier molecular flexibility index (Phi) is 7.91. The summed E-state index contributed by atoms with van der Waals surface area (Å²) < 4.78 is 31.4. The van der Waals surface area contributed by atoms with E-state index in [0.717, 1.165) is 16.8 Å². The zero-order valence-electron chi connectivity index (χ0n) is 24.9. The van der Waals surface area contributed by atoms with Gasteiger partial charge in [-0.1, -0.05) is 26.1 Å². The average Bonchev–Trinajstić information content (AvgIpc) is 3.24.